The van der Waals surface area contributed by atoms with Crippen LogP contribution in [0.1, 0.15) is 50.9 Å². The lowest BCUT2D eigenvalue weighted by molar-refractivity contribution is 0.388. The maximum absolute atomic E-state index is 13.8. The zero-order valence-corrected chi connectivity index (χ0v) is 13.1. The van der Waals surface area contributed by atoms with Crippen LogP contribution in [0.2, 0.25) is 0 Å². The Hall–Kier alpha value is -1.84. The Morgan fingerprint density at radius 1 is 1.29 bits per heavy atom. The number of nitrogen functional groups attached to an aromatic ring is 1. The molecule has 0 amide bonds. The number of benzene rings is 1. The van der Waals surface area contributed by atoms with E-state index in [-0.39, 0.29) is 11.4 Å². The molecule has 0 unspecified atom stereocenters. The van der Waals surface area contributed by atoms with Crippen LogP contribution in [0.3, 0.4) is 0 Å². The second-order valence-electron chi connectivity index (χ2n) is 6.95. The van der Waals surface area contributed by atoms with Gasteiger partial charge in [-0.05, 0) is 52.2 Å². The minimum atomic E-state index is -0.217. The quantitative estimate of drug-likeness (QED) is 0.899. The van der Waals surface area contributed by atoms with Crippen molar-refractivity contribution in [1.29, 1.82) is 0 Å². The zero-order chi connectivity index (χ0) is 15.4. The van der Waals surface area contributed by atoms with E-state index in [2.05, 4.69) is 25.3 Å². The van der Waals surface area contributed by atoms with Crippen LogP contribution in [-0.4, -0.2) is 9.55 Å². The average Bonchev–Trinajstić information content (AvgIpc) is 3.15. The molecule has 2 aromatic rings. The van der Waals surface area contributed by atoms with Crippen LogP contribution in [-0.2, 0) is 5.54 Å². The van der Waals surface area contributed by atoms with Crippen LogP contribution < -0.4 is 5.73 Å². The SMILES string of the molecule is Cc1ccc(-c2nc(C3CC3)n(C(C)(C)C)c2N)cc1F. The highest BCUT2D eigenvalue weighted by atomic mass is 19.1. The maximum Gasteiger partial charge on any atom is 0.132 e. The summed E-state index contributed by atoms with van der Waals surface area (Å²) in [4.78, 5) is 4.75. The summed E-state index contributed by atoms with van der Waals surface area (Å²) in [6.07, 6.45) is 2.32. The molecule has 0 spiro atoms. The molecule has 0 aliphatic heterocycles. The molecule has 1 aliphatic carbocycles. The van der Waals surface area contributed by atoms with Crippen molar-refractivity contribution in [3.05, 3.63) is 35.4 Å². The lowest BCUT2D eigenvalue weighted by Gasteiger charge is -2.25. The topological polar surface area (TPSA) is 43.8 Å². The number of hydrogen-bond acceptors (Lipinski definition) is 2. The lowest BCUT2D eigenvalue weighted by atomic mass is 10.1. The third kappa shape index (κ3) is 2.43. The fraction of sp³-hybridized carbons (Fsp3) is 0.471. The highest BCUT2D eigenvalue weighted by Crippen LogP contribution is 2.44. The Morgan fingerprint density at radius 2 is 1.95 bits per heavy atom. The van der Waals surface area contributed by atoms with Gasteiger partial charge in [0.05, 0.1) is 0 Å². The predicted molar refractivity (Wildman–Crippen MR) is 83.7 cm³/mol. The monoisotopic (exact) mass is 287 g/mol. The number of aromatic nitrogens is 2. The van der Waals surface area contributed by atoms with E-state index in [4.69, 9.17) is 10.7 Å². The van der Waals surface area contributed by atoms with E-state index in [9.17, 15) is 4.39 Å². The third-order valence-corrected chi connectivity index (χ3v) is 4.00. The van der Waals surface area contributed by atoms with Gasteiger partial charge in [-0.1, -0.05) is 12.1 Å². The molecule has 1 heterocycles. The standard InChI is InChI=1S/C17H22FN3/c1-10-5-6-12(9-13(10)18)14-15(19)21(17(2,3)4)16(20-14)11-7-8-11/h5-6,9,11H,7-8,19H2,1-4H3. The Balaban J connectivity index is 2.17. The molecule has 3 rings (SSSR count). The summed E-state index contributed by atoms with van der Waals surface area (Å²) >= 11 is 0. The van der Waals surface area contributed by atoms with Gasteiger partial charge in [0, 0.05) is 17.0 Å². The van der Waals surface area contributed by atoms with E-state index in [0.717, 1.165) is 24.2 Å². The fourth-order valence-corrected chi connectivity index (χ4v) is 2.72. The molecule has 1 aliphatic rings. The second-order valence-corrected chi connectivity index (χ2v) is 6.95. The zero-order valence-electron chi connectivity index (χ0n) is 13.1. The maximum atomic E-state index is 13.8. The summed E-state index contributed by atoms with van der Waals surface area (Å²) in [5.74, 6) is 1.95. The van der Waals surface area contributed by atoms with Gasteiger partial charge in [0.25, 0.3) is 0 Å². The summed E-state index contributed by atoms with van der Waals surface area (Å²) in [5.41, 5.74) is 8.31. The van der Waals surface area contributed by atoms with Crippen LogP contribution in [0, 0.1) is 12.7 Å². The molecule has 1 aromatic heterocycles. The van der Waals surface area contributed by atoms with Crippen molar-refractivity contribution in [3.63, 3.8) is 0 Å². The Labute approximate surface area is 125 Å². The summed E-state index contributed by atoms with van der Waals surface area (Å²) in [5, 5.41) is 0. The molecule has 2 N–H and O–H groups in total. The first-order chi connectivity index (χ1) is 9.79. The Bertz CT molecular complexity index is 691. The molecule has 1 fully saturated rings. The van der Waals surface area contributed by atoms with E-state index in [1.54, 1.807) is 13.0 Å². The third-order valence-electron chi connectivity index (χ3n) is 4.00. The minimum Gasteiger partial charge on any atom is -0.383 e. The van der Waals surface area contributed by atoms with Gasteiger partial charge in [0.15, 0.2) is 0 Å². The second kappa shape index (κ2) is 4.58. The van der Waals surface area contributed by atoms with Crippen molar-refractivity contribution >= 4 is 5.82 Å². The molecule has 1 saturated carbocycles. The van der Waals surface area contributed by atoms with Crippen LogP contribution in [0.15, 0.2) is 18.2 Å². The summed E-state index contributed by atoms with van der Waals surface area (Å²) in [7, 11) is 0. The van der Waals surface area contributed by atoms with Crippen LogP contribution >= 0.6 is 0 Å². The summed E-state index contributed by atoms with van der Waals surface area (Å²) in [6.45, 7) is 8.12. The highest BCUT2D eigenvalue weighted by Gasteiger charge is 2.34. The Kier molecular flexibility index (Phi) is 3.08. The number of halogens is 1. The molecule has 112 valence electrons. The van der Waals surface area contributed by atoms with Crippen LogP contribution in [0.5, 0.6) is 0 Å². The first-order valence-corrected chi connectivity index (χ1v) is 7.44. The van der Waals surface area contributed by atoms with E-state index >= 15 is 0 Å². The number of aryl methyl sites for hydroxylation is 1. The van der Waals surface area contributed by atoms with E-state index in [1.165, 1.54) is 6.07 Å². The fourth-order valence-electron chi connectivity index (χ4n) is 2.72. The largest absolute Gasteiger partial charge is 0.383 e. The van der Waals surface area contributed by atoms with Crippen molar-refractivity contribution in [1.82, 2.24) is 9.55 Å². The van der Waals surface area contributed by atoms with Crippen molar-refractivity contribution in [2.45, 2.75) is 52.0 Å². The average molecular weight is 287 g/mol. The minimum absolute atomic E-state index is 0.128. The molecule has 0 radical (unpaired) electrons. The first-order valence-electron chi connectivity index (χ1n) is 7.44. The number of nitrogens with zero attached hydrogens (tertiary/aromatic N) is 2. The Morgan fingerprint density at radius 3 is 2.48 bits per heavy atom. The number of imidazole rings is 1. The first kappa shape index (κ1) is 14.1. The predicted octanol–water partition coefficient (Wildman–Crippen LogP) is 4.21. The number of rotatable bonds is 2. The van der Waals surface area contributed by atoms with Crippen LogP contribution in [0.25, 0.3) is 11.3 Å². The van der Waals surface area contributed by atoms with Gasteiger partial charge in [-0.15, -0.1) is 0 Å². The van der Waals surface area contributed by atoms with E-state index in [0.29, 0.717) is 23.0 Å². The summed E-state index contributed by atoms with van der Waals surface area (Å²) < 4.78 is 15.9. The molecule has 4 heteroatoms. The van der Waals surface area contributed by atoms with Gasteiger partial charge < -0.3 is 10.3 Å². The van der Waals surface area contributed by atoms with Gasteiger partial charge in [0.1, 0.15) is 23.2 Å². The number of hydrogen-bond donors (Lipinski definition) is 1. The van der Waals surface area contributed by atoms with Gasteiger partial charge >= 0.3 is 0 Å². The number of nitrogens with two attached hydrogens (primary N) is 1. The van der Waals surface area contributed by atoms with Gasteiger partial charge in [-0.25, -0.2) is 9.37 Å². The number of anilines is 1. The van der Waals surface area contributed by atoms with Crippen molar-refractivity contribution < 1.29 is 4.39 Å². The molecule has 0 atom stereocenters. The van der Waals surface area contributed by atoms with Gasteiger partial charge in [0.2, 0.25) is 0 Å². The van der Waals surface area contributed by atoms with Crippen LogP contribution in [0.4, 0.5) is 10.2 Å². The normalized spacial score (nSPS) is 15.5. The molecule has 1 aromatic carbocycles. The lowest BCUT2D eigenvalue weighted by Crippen LogP contribution is -2.25. The highest BCUT2D eigenvalue weighted by molar-refractivity contribution is 5.72. The molecule has 0 bridgehead atoms. The van der Waals surface area contributed by atoms with Crippen molar-refractivity contribution in [2.75, 3.05) is 5.73 Å². The van der Waals surface area contributed by atoms with E-state index < -0.39 is 0 Å². The molecule has 0 saturated heterocycles. The molecule has 3 nitrogen and oxygen atoms in total. The van der Waals surface area contributed by atoms with E-state index in [1.807, 2.05) is 6.07 Å². The smallest absolute Gasteiger partial charge is 0.132 e. The van der Waals surface area contributed by atoms with Gasteiger partial charge in [-0.3, -0.25) is 0 Å². The van der Waals surface area contributed by atoms with Gasteiger partial charge in [-0.2, -0.15) is 0 Å². The molecular weight excluding hydrogens is 265 g/mol. The van der Waals surface area contributed by atoms with Crippen molar-refractivity contribution in [2.24, 2.45) is 0 Å². The van der Waals surface area contributed by atoms with Crippen molar-refractivity contribution in [3.8, 4) is 11.3 Å². The molecular formula is C17H22FN3. The summed E-state index contributed by atoms with van der Waals surface area (Å²) in [6, 6.07) is 5.19. The molecule has 21 heavy (non-hydrogen) atoms.